The van der Waals surface area contributed by atoms with Gasteiger partial charge in [-0.15, -0.1) is 0 Å². The molecule has 1 aromatic heterocycles. The van der Waals surface area contributed by atoms with Crippen LogP contribution >= 0.6 is 0 Å². The van der Waals surface area contributed by atoms with Gasteiger partial charge in [0.15, 0.2) is 0 Å². The first kappa shape index (κ1) is 14.8. The summed E-state index contributed by atoms with van der Waals surface area (Å²) in [6.45, 7) is 0. The van der Waals surface area contributed by atoms with Crippen molar-refractivity contribution in [3.8, 4) is 0 Å². The lowest BCUT2D eigenvalue weighted by molar-refractivity contribution is -0.141. The fourth-order valence-corrected chi connectivity index (χ4v) is 1.73. The van der Waals surface area contributed by atoms with Crippen LogP contribution < -0.4 is 4.90 Å². The second-order valence-electron chi connectivity index (χ2n) is 4.29. The van der Waals surface area contributed by atoms with Crippen LogP contribution in [0.15, 0.2) is 42.5 Å². The van der Waals surface area contributed by atoms with Crippen LogP contribution in [0, 0.1) is 0 Å². The van der Waals surface area contributed by atoms with E-state index in [0.717, 1.165) is 6.07 Å². The van der Waals surface area contributed by atoms with E-state index in [4.69, 9.17) is 5.11 Å². The number of benzene rings is 1. The molecule has 0 atom stereocenters. The van der Waals surface area contributed by atoms with Crippen LogP contribution in [0.3, 0.4) is 0 Å². The van der Waals surface area contributed by atoms with Crippen molar-refractivity contribution in [1.29, 1.82) is 0 Å². The zero-order chi connectivity index (χ0) is 15.6. The Kier molecular flexibility index (Phi) is 3.84. The number of carboxylic acid groups (broad SMARTS) is 1. The number of pyridine rings is 1. The van der Waals surface area contributed by atoms with Crippen LogP contribution in [0.1, 0.15) is 16.1 Å². The molecular weight excluding hydrogens is 285 g/mol. The molecule has 0 unspecified atom stereocenters. The molecule has 7 heteroatoms. The largest absolute Gasteiger partial charge is 0.478 e. The van der Waals surface area contributed by atoms with E-state index in [2.05, 4.69) is 4.98 Å². The van der Waals surface area contributed by atoms with Crippen molar-refractivity contribution in [3.05, 3.63) is 53.7 Å². The summed E-state index contributed by atoms with van der Waals surface area (Å²) in [4.78, 5) is 15.8. The van der Waals surface area contributed by atoms with E-state index in [-0.39, 0.29) is 11.4 Å². The molecule has 0 bridgehead atoms. The van der Waals surface area contributed by atoms with Gasteiger partial charge in [0.2, 0.25) is 0 Å². The molecule has 0 amide bonds. The van der Waals surface area contributed by atoms with Crippen molar-refractivity contribution in [1.82, 2.24) is 4.98 Å². The van der Waals surface area contributed by atoms with E-state index in [9.17, 15) is 18.0 Å². The quantitative estimate of drug-likeness (QED) is 0.940. The van der Waals surface area contributed by atoms with E-state index < -0.39 is 17.8 Å². The molecule has 0 spiro atoms. The molecule has 1 N–H and O–H groups in total. The van der Waals surface area contributed by atoms with Gasteiger partial charge in [0.25, 0.3) is 0 Å². The molecule has 4 nitrogen and oxygen atoms in total. The lowest BCUT2D eigenvalue weighted by Gasteiger charge is -2.19. The molecular formula is C14H11F3N2O2. The van der Waals surface area contributed by atoms with Gasteiger partial charge < -0.3 is 10.0 Å². The highest BCUT2D eigenvalue weighted by Crippen LogP contribution is 2.30. The lowest BCUT2D eigenvalue weighted by Crippen LogP contribution is -2.15. The minimum Gasteiger partial charge on any atom is -0.478 e. The molecule has 0 aliphatic heterocycles. The summed E-state index contributed by atoms with van der Waals surface area (Å²) >= 11 is 0. The predicted octanol–water partition coefficient (Wildman–Crippen LogP) is 3.57. The maximum absolute atomic E-state index is 12.6. The normalized spacial score (nSPS) is 11.2. The summed E-state index contributed by atoms with van der Waals surface area (Å²) in [6.07, 6.45) is -4.51. The molecule has 2 aromatic rings. The van der Waals surface area contributed by atoms with Crippen LogP contribution in [0.4, 0.5) is 24.7 Å². The Morgan fingerprint density at radius 2 is 1.76 bits per heavy atom. The molecule has 110 valence electrons. The van der Waals surface area contributed by atoms with E-state index in [1.165, 1.54) is 41.3 Å². The highest BCUT2D eigenvalue weighted by Gasteiger charge is 2.32. The molecule has 0 aliphatic rings. The van der Waals surface area contributed by atoms with E-state index in [1.807, 2.05) is 0 Å². The Labute approximate surface area is 118 Å². The average Bonchev–Trinajstić information content (AvgIpc) is 2.46. The Bertz CT molecular complexity index is 654. The number of nitrogens with zero attached hydrogens (tertiary/aromatic N) is 2. The first-order valence-electron chi connectivity index (χ1n) is 5.90. The average molecular weight is 296 g/mol. The molecule has 2 rings (SSSR count). The van der Waals surface area contributed by atoms with Gasteiger partial charge in [0.1, 0.15) is 11.5 Å². The van der Waals surface area contributed by atoms with Crippen molar-refractivity contribution in [2.24, 2.45) is 0 Å². The predicted molar refractivity (Wildman–Crippen MR) is 70.7 cm³/mol. The van der Waals surface area contributed by atoms with Crippen molar-refractivity contribution in [2.45, 2.75) is 6.18 Å². The Morgan fingerprint density at radius 1 is 1.14 bits per heavy atom. The van der Waals surface area contributed by atoms with Gasteiger partial charge in [-0.2, -0.15) is 13.2 Å². The summed E-state index contributed by atoms with van der Waals surface area (Å²) in [5.41, 5.74) is -0.343. The number of carbonyl (C=O) groups is 1. The number of carboxylic acids is 1. The minimum absolute atomic E-state index is 0.101. The molecule has 0 saturated heterocycles. The summed E-state index contributed by atoms with van der Waals surface area (Å²) < 4.78 is 37.9. The zero-order valence-corrected chi connectivity index (χ0v) is 10.9. The van der Waals surface area contributed by atoms with Crippen molar-refractivity contribution in [2.75, 3.05) is 11.9 Å². The molecule has 0 radical (unpaired) electrons. The van der Waals surface area contributed by atoms with Crippen LogP contribution in [-0.4, -0.2) is 23.1 Å². The van der Waals surface area contributed by atoms with Crippen LogP contribution in [0.5, 0.6) is 0 Å². The maximum atomic E-state index is 12.6. The first-order valence-corrected chi connectivity index (χ1v) is 5.90. The van der Waals surface area contributed by atoms with Crippen molar-refractivity contribution in [3.63, 3.8) is 0 Å². The van der Waals surface area contributed by atoms with E-state index >= 15 is 0 Å². The summed E-state index contributed by atoms with van der Waals surface area (Å²) in [6, 6.07) is 9.37. The monoisotopic (exact) mass is 296 g/mol. The van der Waals surface area contributed by atoms with Gasteiger partial charge in [0, 0.05) is 12.7 Å². The number of aromatic carboxylic acids is 1. The number of aromatic nitrogens is 1. The molecule has 0 saturated carbocycles. The second kappa shape index (κ2) is 5.43. The van der Waals surface area contributed by atoms with Gasteiger partial charge in [0.05, 0.1) is 5.56 Å². The van der Waals surface area contributed by atoms with Gasteiger partial charge in [-0.3, -0.25) is 0 Å². The summed E-state index contributed by atoms with van der Waals surface area (Å²) in [7, 11) is 1.55. The third-order valence-corrected chi connectivity index (χ3v) is 2.87. The SMILES string of the molecule is CN(c1ccc(C(=O)O)cc1)c1cccc(C(F)(F)F)n1. The van der Waals surface area contributed by atoms with E-state index in [1.54, 1.807) is 7.05 Å². The highest BCUT2D eigenvalue weighted by molar-refractivity contribution is 5.88. The topological polar surface area (TPSA) is 53.4 Å². The molecule has 1 aromatic carbocycles. The van der Waals surface area contributed by atoms with E-state index in [0.29, 0.717) is 5.69 Å². The number of rotatable bonds is 3. The Balaban J connectivity index is 2.31. The number of halogens is 3. The van der Waals surface area contributed by atoms with Gasteiger partial charge >= 0.3 is 12.1 Å². The fourth-order valence-electron chi connectivity index (χ4n) is 1.73. The molecule has 0 aliphatic carbocycles. The van der Waals surface area contributed by atoms with Gasteiger partial charge in [-0.1, -0.05) is 6.07 Å². The molecule has 21 heavy (non-hydrogen) atoms. The smallest absolute Gasteiger partial charge is 0.433 e. The second-order valence-corrected chi connectivity index (χ2v) is 4.29. The maximum Gasteiger partial charge on any atom is 0.433 e. The Morgan fingerprint density at radius 3 is 2.29 bits per heavy atom. The van der Waals surface area contributed by atoms with Crippen LogP contribution in [0.2, 0.25) is 0 Å². The number of hydrogen-bond acceptors (Lipinski definition) is 3. The van der Waals surface area contributed by atoms with Crippen LogP contribution in [0.25, 0.3) is 0 Å². The summed E-state index contributed by atoms with van der Waals surface area (Å²) in [5.74, 6) is -0.950. The van der Waals surface area contributed by atoms with Gasteiger partial charge in [-0.25, -0.2) is 9.78 Å². The van der Waals surface area contributed by atoms with Gasteiger partial charge in [-0.05, 0) is 36.4 Å². The van der Waals surface area contributed by atoms with Crippen LogP contribution in [-0.2, 0) is 6.18 Å². The lowest BCUT2D eigenvalue weighted by atomic mass is 10.2. The van der Waals surface area contributed by atoms with Crippen molar-refractivity contribution >= 4 is 17.5 Å². The first-order chi connectivity index (χ1) is 9.79. The molecule has 0 fully saturated rings. The minimum atomic E-state index is -4.51. The standard InChI is InChI=1S/C14H11F3N2O2/c1-19(10-7-5-9(6-8-10)13(20)21)12-4-2-3-11(18-12)14(15,16)17/h2-8H,1H3,(H,20,21). The number of hydrogen-bond donors (Lipinski definition) is 1. The highest BCUT2D eigenvalue weighted by atomic mass is 19.4. The third-order valence-electron chi connectivity index (χ3n) is 2.87. The fraction of sp³-hybridized carbons (Fsp3) is 0.143. The number of alkyl halides is 3. The third kappa shape index (κ3) is 3.31. The zero-order valence-electron chi connectivity index (χ0n) is 10.9. The molecule has 1 heterocycles. The van der Waals surface area contributed by atoms with Crippen molar-refractivity contribution < 1.29 is 23.1 Å². The summed E-state index contributed by atoms with van der Waals surface area (Å²) in [5, 5.41) is 8.81. The Hall–Kier alpha value is -2.57. The number of anilines is 2.